The van der Waals surface area contributed by atoms with Crippen molar-refractivity contribution < 1.29 is 29.7 Å². The average Bonchev–Trinajstić information content (AvgIpc) is 3.41. The highest BCUT2D eigenvalue weighted by Gasteiger charge is 2.40. The Balaban J connectivity index is 1.39. The van der Waals surface area contributed by atoms with Gasteiger partial charge in [-0.15, -0.1) is 0 Å². The van der Waals surface area contributed by atoms with E-state index in [0.717, 1.165) is 9.13 Å². The number of aromatic amines is 2. The van der Waals surface area contributed by atoms with E-state index in [1.54, 1.807) is 0 Å². The number of aryl methyl sites for hydroxylation is 2. The average molecular weight is 524 g/mol. The molecule has 0 radical (unpaired) electrons. The summed E-state index contributed by atoms with van der Waals surface area (Å²) in [4.78, 5) is 64.4. The van der Waals surface area contributed by atoms with Gasteiger partial charge in [0.15, 0.2) is 0 Å². The zero-order chi connectivity index (χ0) is 27.0. The lowest BCUT2D eigenvalue weighted by atomic mass is 10.1. The molecule has 37 heavy (non-hydrogen) atoms. The first-order chi connectivity index (χ1) is 17.5. The molecule has 2 amide bonds. The van der Waals surface area contributed by atoms with Gasteiger partial charge in [-0.1, -0.05) is 0 Å². The molecule has 202 valence electrons. The summed E-state index contributed by atoms with van der Waals surface area (Å²) in [6.07, 6.45) is -2.28. The van der Waals surface area contributed by atoms with Crippen LogP contribution in [-0.4, -0.2) is 83.1 Å². The second kappa shape index (κ2) is 10.4. The highest BCUT2D eigenvalue weighted by molar-refractivity contribution is 5.73. The molecule has 4 rings (SSSR count). The minimum Gasteiger partial charge on any atom is -0.394 e. The molecule has 0 aliphatic carbocycles. The molecule has 0 bridgehead atoms. The standard InChI is InChI=1S/C21H28N6O10/c1-9-5-25(19(32)23-17(9)30)15-3-11(14(8-28)37-15)22-21(34)27(35)7-13-12(29)4-16(36-13)26-6-10(2)18(31)24-20(26)33/h5-6,11-16,28-29,35H,3-4,7-8H2,1-2H3,(H,22,34)(H,23,30,32)(H,24,31,33)/t11-,12-,13+,14+,15+,16+/m0/s1. The number of ether oxygens (including phenoxy) is 2. The van der Waals surface area contributed by atoms with Crippen LogP contribution in [0.4, 0.5) is 4.79 Å². The molecule has 16 heteroatoms. The number of carbonyl (C=O) groups excluding carboxylic acids is 1. The number of rotatable bonds is 6. The third kappa shape index (κ3) is 5.42. The Morgan fingerprint density at radius 3 is 2.05 bits per heavy atom. The first-order valence-electron chi connectivity index (χ1n) is 11.5. The molecule has 2 aromatic rings. The molecule has 2 aliphatic heterocycles. The number of hydrogen-bond acceptors (Lipinski definition) is 10. The molecule has 0 unspecified atom stereocenters. The number of aromatic nitrogens is 4. The molecule has 2 aromatic heterocycles. The van der Waals surface area contributed by atoms with Gasteiger partial charge in [0.25, 0.3) is 11.1 Å². The number of aliphatic hydroxyl groups is 2. The highest BCUT2D eigenvalue weighted by atomic mass is 16.6. The fourth-order valence-electron chi connectivity index (χ4n) is 4.36. The van der Waals surface area contributed by atoms with E-state index in [1.807, 2.05) is 0 Å². The van der Waals surface area contributed by atoms with Crippen molar-refractivity contribution in [2.45, 2.75) is 63.5 Å². The number of carbonyl (C=O) groups is 1. The summed E-state index contributed by atoms with van der Waals surface area (Å²) in [6.45, 7) is 2.06. The van der Waals surface area contributed by atoms with E-state index in [4.69, 9.17) is 9.47 Å². The van der Waals surface area contributed by atoms with Gasteiger partial charge in [-0.05, 0) is 13.8 Å². The predicted molar refractivity (Wildman–Crippen MR) is 123 cm³/mol. The van der Waals surface area contributed by atoms with Gasteiger partial charge in [0.05, 0.1) is 25.3 Å². The lowest BCUT2D eigenvalue weighted by Gasteiger charge is -2.24. The van der Waals surface area contributed by atoms with Gasteiger partial charge in [-0.2, -0.15) is 0 Å². The maximum atomic E-state index is 12.6. The van der Waals surface area contributed by atoms with Gasteiger partial charge in [-0.3, -0.25) is 33.9 Å². The molecule has 16 nitrogen and oxygen atoms in total. The zero-order valence-corrected chi connectivity index (χ0v) is 20.0. The van der Waals surface area contributed by atoms with Gasteiger partial charge in [-0.25, -0.2) is 19.4 Å². The highest BCUT2D eigenvalue weighted by Crippen LogP contribution is 2.29. The van der Waals surface area contributed by atoms with Gasteiger partial charge in [0.1, 0.15) is 24.7 Å². The van der Waals surface area contributed by atoms with Crippen LogP contribution in [-0.2, 0) is 9.47 Å². The second-order valence-electron chi connectivity index (χ2n) is 9.08. The summed E-state index contributed by atoms with van der Waals surface area (Å²) in [6, 6.07) is -1.78. The molecule has 0 spiro atoms. The van der Waals surface area contributed by atoms with Crippen LogP contribution < -0.4 is 27.8 Å². The topological polar surface area (TPSA) is 221 Å². The van der Waals surface area contributed by atoms with Crippen LogP contribution in [0.25, 0.3) is 0 Å². The molecule has 2 aliphatic rings. The SMILES string of the molecule is Cc1cn([C@H]2C[C@H](NC(=O)N(O)C[C@H]3O[C@@H](n4cc(C)c(=O)[nH]c4=O)C[C@@H]3O)[C@@H](CO)O2)c(=O)[nH]c1=O. The number of amides is 2. The second-order valence-corrected chi connectivity index (χ2v) is 9.08. The smallest absolute Gasteiger partial charge is 0.341 e. The molecule has 6 atom stereocenters. The minimum atomic E-state index is -1.13. The predicted octanol–water partition coefficient (Wildman–Crippen LogP) is -2.60. The van der Waals surface area contributed by atoms with Crippen LogP contribution in [0.5, 0.6) is 0 Å². The van der Waals surface area contributed by atoms with Crippen LogP contribution in [0, 0.1) is 13.8 Å². The number of hydroxylamine groups is 2. The number of hydrogen-bond donors (Lipinski definition) is 6. The number of nitrogens with zero attached hydrogens (tertiary/aromatic N) is 3. The first kappa shape index (κ1) is 26.5. The molecule has 0 saturated carbocycles. The summed E-state index contributed by atoms with van der Waals surface area (Å²) < 4.78 is 13.6. The quantitative estimate of drug-likeness (QED) is 0.171. The maximum absolute atomic E-state index is 12.6. The lowest BCUT2D eigenvalue weighted by Crippen LogP contribution is -2.50. The number of H-pyrrole nitrogens is 2. The van der Waals surface area contributed by atoms with Gasteiger partial charge < -0.3 is 25.0 Å². The number of urea groups is 1. The van der Waals surface area contributed by atoms with Crippen LogP contribution >= 0.6 is 0 Å². The van der Waals surface area contributed by atoms with E-state index in [9.17, 15) is 39.4 Å². The van der Waals surface area contributed by atoms with Crippen molar-refractivity contribution in [1.82, 2.24) is 29.5 Å². The number of aliphatic hydroxyl groups excluding tert-OH is 2. The Hall–Kier alpha value is -3.57. The van der Waals surface area contributed by atoms with Crippen molar-refractivity contribution in [3.05, 3.63) is 65.2 Å². The summed E-state index contributed by atoms with van der Waals surface area (Å²) in [5.74, 6) is 0. The van der Waals surface area contributed by atoms with Crippen LogP contribution in [0.1, 0.15) is 36.4 Å². The van der Waals surface area contributed by atoms with E-state index in [1.165, 1.54) is 26.2 Å². The monoisotopic (exact) mass is 524 g/mol. The third-order valence-electron chi connectivity index (χ3n) is 6.43. The lowest BCUT2D eigenvalue weighted by molar-refractivity contribution is -0.104. The Morgan fingerprint density at radius 1 is 1.00 bits per heavy atom. The summed E-state index contributed by atoms with van der Waals surface area (Å²) in [5.41, 5.74) is -2.00. The Kier molecular flexibility index (Phi) is 7.47. The Bertz CT molecular complexity index is 1400. The van der Waals surface area contributed by atoms with Crippen molar-refractivity contribution in [2.24, 2.45) is 0 Å². The summed E-state index contributed by atoms with van der Waals surface area (Å²) >= 11 is 0. The molecule has 2 fully saturated rings. The normalized spacial score (nSPS) is 27.4. The van der Waals surface area contributed by atoms with Crippen molar-refractivity contribution in [2.75, 3.05) is 13.2 Å². The van der Waals surface area contributed by atoms with E-state index in [-0.39, 0.29) is 29.0 Å². The van der Waals surface area contributed by atoms with E-state index < -0.39 is 78.5 Å². The minimum absolute atomic E-state index is 0.0242. The van der Waals surface area contributed by atoms with Crippen LogP contribution in [0.2, 0.25) is 0 Å². The first-order valence-corrected chi connectivity index (χ1v) is 11.5. The van der Waals surface area contributed by atoms with Crippen molar-refractivity contribution in [3.8, 4) is 0 Å². The number of nitrogens with one attached hydrogen (secondary N) is 3. The summed E-state index contributed by atoms with van der Waals surface area (Å²) in [7, 11) is 0. The van der Waals surface area contributed by atoms with E-state index in [0.29, 0.717) is 0 Å². The van der Waals surface area contributed by atoms with E-state index >= 15 is 0 Å². The van der Waals surface area contributed by atoms with Crippen LogP contribution in [0.15, 0.2) is 31.6 Å². The largest absolute Gasteiger partial charge is 0.394 e. The molecule has 4 heterocycles. The fraction of sp³-hybridized carbons (Fsp3) is 0.571. The van der Waals surface area contributed by atoms with Crippen molar-refractivity contribution in [3.63, 3.8) is 0 Å². The van der Waals surface area contributed by atoms with Crippen LogP contribution in [0.3, 0.4) is 0 Å². The Labute approximate surface area is 207 Å². The Morgan fingerprint density at radius 2 is 1.51 bits per heavy atom. The molecular weight excluding hydrogens is 496 g/mol. The summed E-state index contributed by atoms with van der Waals surface area (Å²) in [5, 5.41) is 33.2. The molecule has 2 saturated heterocycles. The molecular formula is C21H28N6O10. The van der Waals surface area contributed by atoms with Crippen molar-refractivity contribution in [1.29, 1.82) is 0 Å². The maximum Gasteiger partial charge on any atom is 0.341 e. The van der Waals surface area contributed by atoms with Crippen molar-refractivity contribution >= 4 is 6.03 Å². The molecule has 0 aromatic carbocycles. The fourth-order valence-corrected chi connectivity index (χ4v) is 4.36. The van der Waals surface area contributed by atoms with Gasteiger partial charge in [0.2, 0.25) is 0 Å². The van der Waals surface area contributed by atoms with E-state index in [2.05, 4.69) is 15.3 Å². The van der Waals surface area contributed by atoms with Gasteiger partial charge >= 0.3 is 17.4 Å². The molecule has 6 N–H and O–H groups in total. The van der Waals surface area contributed by atoms with Gasteiger partial charge in [0, 0.05) is 36.4 Å². The third-order valence-corrected chi connectivity index (χ3v) is 6.43. The zero-order valence-electron chi connectivity index (χ0n) is 20.0.